The number of hydrogen-bond acceptors (Lipinski definition) is 4. The Bertz CT molecular complexity index is 587. The fourth-order valence-electron chi connectivity index (χ4n) is 1.82. The predicted octanol–water partition coefficient (Wildman–Crippen LogP) is 2.10. The molecule has 0 unspecified atom stereocenters. The van der Waals surface area contributed by atoms with E-state index in [4.69, 9.17) is 9.94 Å². The number of aromatic nitrogens is 1. The Labute approximate surface area is 104 Å². The van der Waals surface area contributed by atoms with Gasteiger partial charge in [-0.2, -0.15) is 0 Å². The van der Waals surface area contributed by atoms with Crippen molar-refractivity contribution in [3.05, 3.63) is 36.0 Å². The lowest BCUT2D eigenvalue weighted by Gasteiger charge is -2.03. The number of hydrogen-bond donors (Lipinski definition) is 2. The molecule has 0 spiro atoms. The number of ether oxygens (including phenoxy) is 1. The Morgan fingerprint density at radius 2 is 2.22 bits per heavy atom. The summed E-state index contributed by atoms with van der Waals surface area (Å²) in [6, 6.07) is 7.73. The Kier molecular flexibility index (Phi) is 3.62. The number of fused-ring (bicyclic) bond motifs is 1. The normalized spacial score (nSPS) is 11.7. The van der Waals surface area contributed by atoms with E-state index in [2.05, 4.69) is 10.1 Å². The molecule has 0 saturated carbocycles. The van der Waals surface area contributed by atoms with Crippen molar-refractivity contribution in [2.24, 2.45) is 5.16 Å². The van der Waals surface area contributed by atoms with Crippen molar-refractivity contribution in [3.8, 4) is 0 Å². The third kappa shape index (κ3) is 2.34. The highest BCUT2D eigenvalue weighted by molar-refractivity contribution is 6.37. The molecule has 2 aromatic rings. The van der Waals surface area contributed by atoms with Gasteiger partial charge in [-0.1, -0.05) is 23.4 Å². The average Bonchev–Trinajstić information content (AvgIpc) is 2.79. The average molecular weight is 246 g/mol. The van der Waals surface area contributed by atoms with Crippen molar-refractivity contribution in [1.82, 2.24) is 4.98 Å². The molecular formula is C13H14N2O3. The van der Waals surface area contributed by atoms with Gasteiger partial charge >= 0.3 is 5.97 Å². The number of rotatable bonds is 4. The molecule has 0 aliphatic rings. The minimum atomic E-state index is -0.592. The second-order valence-corrected chi connectivity index (χ2v) is 3.80. The molecule has 0 aliphatic carbocycles. The molecule has 0 fully saturated rings. The van der Waals surface area contributed by atoms with Crippen LogP contribution in [0.15, 0.2) is 35.6 Å². The summed E-state index contributed by atoms with van der Waals surface area (Å²) < 4.78 is 4.82. The Balaban J connectivity index is 2.25. The van der Waals surface area contributed by atoms with E-state index in [1.807, 2.05) is 24.3 Å². The van der Waals surface area contributed by atoms with Gasteiger partial charge in [0.05, 0.1) is 6.61 Å². The quantitative estimate of drug-likeness (QED) is 0.375. The lowest BCUT2D eigenvalue weighted by molar-refractivity contribution is -0.135. The van der Waals surface area contributed by atoms with Gasteiger partial charge in [0.1, 0.15) is 0 Å². The zero-order chi connectivity index (χ0) is 13.0. The number of carbonyl (C=O) groups excluding carboxylic acids is 1. The van der Waals surface area contributed by atoms with Crippen LogP contribution in [0.5, 0.6) is 0 Å². The third-order valence-corrected chi connectivity index (χ3v) is 2.66. The van der Waals surface area contributed by atoms with Crippen LogP contribution in [0.25, 0.3) is 10.9 Å². The van der Waals surface area contributed by atoms with Crippen LogP contribution in [0.2, 0.25) is 0 Å². The first-order valence-corrected chi connectivity index (χ1v) is 5.69. The van der Waals surface area contributed by atoms with E-state index in [-0.39, 0.29) is 18.7 Å². The molecule has 18 heavy (non-hydrogen) atoms. The van der Waals surface area contributed by atoms with Crippen LogP contribution in [0.1, 0.15) is 12.5 Å². The smallest absolute Gasteiger partial charge is 0.356 e. The molecule has 2 N–H and O–H groups in total. The predicted molar refractivity (Wildman–Crippen MR) is 67.9 cm³/mol. The van der Waals surface area contributed by atoms with Gasteiger partial charge in [-0.05, 0) is 18.6 Å². The Morgan fingerprint density at radius 1 is 1.44 bits per heavy atom. The number of H-pyrrole nitrogens is 1. The largest absolute Gasteiger partial charge is 0.461 e. The third-order valence-electron chi connectivity index (χ3n) is 2.66. The van der Waals surface area contributed by atoms with E-state index in [1.54, 1.807) is 13.1 Å². The standard InChI is InChI=1S/C13H14N2O3/c1-2-18-13(16)12(15-17)7-9-8-14-11-6-4-3-5-10(9)11/h3-6,8,14,17H,2,7H2,1H3/b15-12+. The monoisotopic (exact) mass is 246 g/mol. The highest BCUT2D eigenvalue weighted by Crippen LogP contribution is 2.18. The minimum absolute atomic E-state index is 0.00148. The van der Waals surface area contributed by atoms with Gasteiger partial charge < -0.3 is 14.9 Å². The number of carbonyl (C=O) groups is 1. The van der Waals surface area contributed by atoms with Crippen molar-refractivity contribution in [3.63, 3.8) is 0 Å². The molecule has 0 aliphatic heterocycles. The van der Waals surface area contributed by atoms with Crippen molar-refractivity contribution in [2.45, 2.75) is 13.3 Å². The molecule has 5 heteroatoms. The van der Waals surface area contributed by atoms with Crippen LogP contribution in [-0.2, 0) is 16.0 Å². The van der Waals surface area contributed by atoms with Gasteiger partial charge in [0.25, 0.3) is 0 Å². The van der Waals surface area contributed by atoms with Crippen LogP contribution in [-0.4, -0.2) is 28.5 Å². The lowest BCUT2D eigenvalue weighted by Crippen LogP contribution is -2.19. The van der Waals surface area contributed by atoms with Gasteiger partial charge in [-0.3, -0.25) is 0 Å². The van der Waals surface area contributed by atoms with E-state index < -0.39 is 5.97 Å². The molecule has 0 radical (unpaired) electrons. The number of oxime groups is 1. The van der Waals surface area contributed by atoms with E-state index in [0.29, 0.717) is 0 Å². The van der Waals surface area contributed by atoms with Gasteiger partial charge in [0, 0.05) is 23.5 Å². The number of benzene rings is 1. The van der Waals surface area contributed by atoms with Gasteiger partial charge in [-0.25, -0.2) is 4.79 Å². The summed E-state index contributed by atoms with van der Waals surface area (Å²) in [7, 11) is 0. The Hall–Kier alpha value is -2.30. The SMILES string of the molecule is CCOC(=O)/C(Cc1c[nH]c2ccccc12)=N/O. The van der Waals surface area contributed by atoms with E-state index >= 15 is 0 Å². The van der Waals surface area contributed by atoms with E-state index in [1.165, 1.54) is 0 Å². The highest BCUT2D eigenvalue weighted by atomic mass is 16.5. The zero-order valence-electron chi connectivity index (χ0n) is 10.0. The lowest BCUT2D eigenvalue weighted by atomic mass is 10.1. The first kappa shape index (κ1) is 12.2. The number of aromatic amines is 1. The molecule has 5 nitrogen and oxygen atoms in total. The number of nitrogens with zero attached hydrogens (tertiary/aromatic N) is 1. The maximum absolute atomic E-state index is 11.5. The fourth-order valence-corrected chi connectivity index (χ4v) is 1.82. The maximum Gasteiger partial charge on any atom is 0.356 e. The number of esters is 1. The van der Waals surface area contributed by atoms with Crippen molar-refractivity contribution >= 4 is 22.6 Å². The molecule has 0 atom stereocenters. The molecule has 2 rings (SSSR count). The molecule has 0 amide bonds. The molecule has 1 heterocycles. The second-order valence-electron chi connectivity index (χ2n) is 3.80. The van der Waals surface area contributed by atoms with Gasteiger partial charge in [0.15, 0.2) is 5.71 Å². The van der Waals surface area contributed by atoms with Crippen LogP contribution in [0.3, 0.4) is 0 Å². The summed E-state index contributed by atoms with van der Waals surface area (Å²) in [4.78, 5) is 14.6. The topological polar surface area (TPSA) is 74.7 Å². The molecule has 0 bridgehead atoms. The molecule has 94 valence electrons. The van der Waals surface area contributed by atoms with Crippen molar-refractivity contribution in [2.75, 3.05) is 6.61 Å². The number of nitrogens with one attached hydrogen (secondary N) is 1. The highest BCUT2D eigenvalue weighted by Gasteiger charge is 2.16. The van der Waals surface area contributed by atoms with Crippen LogP contribution in [0.4, 0.5) is 0 Å². The van der Waals surface area contributed by atoms with Crippen LogP contribution >= 0.6 is 0 Å². The molecular weight excluding hydrogens is 232 g/mol. The first-order valence-electron chi connectivity index (χ1n) is 5.69. The summed E-state index contributed by atoms with van der Waals surface area (Å²) in [5.74, 6) is -0.592. The molecule has 1 aromatic carbocycles. The second kappa shape index (κ2) is 5.35. The first-order chi connectivity index (χ1) is 8.76. The summed E-state index contributed by atoms with van der Waals surface area (Å²) in [5.41, 5.74) is 1.88. The van der Waals surface area contributed by atoms with Crippen LogP contribution in [0, 0.1) is 0 Å². The van der Waals surface area contributed by atoms with E-state index in [9.17, 15) is 4.79 Å². The summed E-state index contributed by atoms with van der Waals surface area (Å²) >= 11 is 0. The zero-order valence-corrected chi connectivity index (χ0v) is 10.0. The molecule has 0 saturated heterocycles. The van der Waals surface area contributed by atoms with Gasteiger partial charge in [0.2, 0.25) is 0 Å². The van der Waals surface area contributed by atoms with Crippen molar-refractivity contribution < 1.29 is 14.7 Å². The summed E-state index contributed by atoms with van der Waals surface area (Å²) in [6.07, 6.45) is 2.04. The van der Waals surface area contributed by atoms with E-state index in [0.717, 1.165) is 16.5 Å². The van der Waals surface area contributed by atoms with Gasteiger partial charge in [-0.15, -0.1) is 0 Å². The summed E-state index contributed by atoms with van der Waals surface area (Å²) in [6.45, 7) is 1.96. The maximum atomic E-state index is 11.5. The van der Waals surface area contributed by atoms with Crippen LogP contribution < -0.4 is 0 Å². The Morgan fingerprint density at radius 3 is 2.94 bits per heavy atom. The summed E-state index contributed by atoms with van der Waals surface area (Å²) in [5, 5.41) is 12.9. The number of para-hydroxylation sites is 1. The minimum Gasteiger partial charge on any atom is -0.461 e. The molecule has 1 aromatic heterocycles. The van der Waals surface area contributed by atoms with Crippen molar-refractivity contribution in [1.29, 1.82) is 0 Å². The fraction of sp³-hybridized carbons (Fsp3) is 0.231.